The molecule has 11 rings (SSSR count). The molecule has 0 amide bonds. The van der Waals surface area contributed by atoms with Gasteiger partial charge in [0.2, 0.25) is 0 Å². The molecular weight excluding hydrogens is 565 g/mol. The number of hydrogen-bond acceptors (Lipinski definition) is 0. The van der Waals surface area contributed by atoms with E-state index in [2.05, 4.69) is 170 Å². The molecule has 0 fully saturated rings. The Kier molecular flexibility index (Phi) is 4.86. The highest BCUT2D eigenvalue weighted by atomic mass is 14.5. The summed E-state index contributed by atoms with van der Waals surface area (Å²) in [5.41, 5.74) is 20.9. The lowest BCUT2D eigenvalue weighted by atomic mass is 9.69. The van der Waals surface area contributed by atoms with Crippen molar-refractivity contribution >= 4 is 10.8 Å². The van der Waals surface area contributed by atoms with E-state index in [0.717, 1.165) is 0 Å². The van der Waals surface area contributed by atoms with Gasteiger partial charge in [-0.25, -0.2) is 0 Å². The Balaban J connectivity index is 1.27. The molecule has 3 aliphatic rings. The highest BCUT2D eigenvalue weighted by Gasteiger charge is 2.52. The Labute approximate surface area is 274 Å². The molecule has 0 aromatic heterocycles. The summed E-state index contributed by atoms with van der Waals surface area (Å²) in [7, 11) is 0. The molecule has 1 spiro atoms. The predicted molar refractivity (Wildman–Crippen MR) is 196 cm³/mol. The highest BCUT2D eigenvalue weighted by molar-refractivity contribution is 6.21. The summed E-state index contributed by atoms with van der Waals surface area (Å²) in [5.74, 6) is 0. The van der Waals surface area contributed by atoms with Crippen LogP contribution >= 0.6 is 0 Å². The minimum Gasteiger partial charge on any atom is -0.0622 e. The van der Waals surface area contributed by atoms with Crippen LogP contribution in [-0.2, 0) is 5.41 Å². The fourth-order valence-electron chi connectivity index (χ4n) is 9.27. The van der Waals surface area contributed by atoms with Crippen molar-refractivity contribution in [1.82, 2.24) is 0 Å². The Morgan fingerprint density at radius 1 is 0.277 bits per heavy atom. The molecule has 47 heavy (non-hydrogen) atoms. The van der Waals surface area contributed by atoms with Gasteiger partial charge >= 0.3 is 0 Å². The lowest BCUT2D eigenvalue weighted by Gasteiger charge is -2.31. The zero-order chi connectivity index (χ0) is 30.7. The number of fused-ring (bicyclic) bond motifs is 14. The second-order valence-corrected chi connectivity index (χ2v) is 13.1. The molecule has 0 saturated heterocycles. The largest absolute Gasteiger partial charge is 0.0726 e. The van der Waals surface area contributed by atoms with Crippen LogP contribution in [0.2, 0.25) is 0 Å². The first-order valence-electron chi connectivity index (χ1n) is 16.5. The summed E-state index contributed by atoms with van der Waals surface area (Å²) in [5, 5.41) is 2.74. The third kappa shape index (κ3) is 3.08. The number of rotatable bonds is 2. The van der Waals surface area contributed by atoms with E-state index in [1.165, 1.54) is 99.8 Å². The summed E-state index contributed by atoms with van der Waals surface area (Å²) in [6.45, 7) is 0. The maximum atomic E-state index is 2.56. The first kappa shape index (κ1) is 25.2. The van der Waals surface area contributed by atoms with Gasteiger partial charge in [0.15, 0.2) is 0 Å². The van der Waals surface area contributed by atoms with Gasteiger partial charge in [-0.1, -0.05) is 158 Å². The molecule has 0 nitrogen and oxygen atoms in total. The molecule has 0 radical (unpaired) electrons. The van der Waals surface area contributed by atoms with Gasteiger partial charge in [0.1, 0.15) is 0 Å². The zero-order valence-electron chi connectivity index (χ0n) is 25.7. The van der Waals surface area contributed by atoms with Crippen molar-refractivity contribution < 1.29 is 0 Å². The molecule has 1 atom stereocenters. The highest BCUT2D eigenvalue weighted by Crippen LogP contribution is 2.66. The van der Waals surface area contributed by atoms with Crippen molar-refractivity contribution in [2.45, 2.75) is 5.41 Å². The van der Waals surface area contributed by atoms with Crippen molar-refractivity contribution in [3.63, 3.8) is 0 Å². The van der Waals surface area contributed by atoms with Crippen LogP contribution in [0.15, 0.2) is 170 Å². The van der Waals surface area contributed by atoms with Crippen LogP contribution in [0.3, 0.4) is 0 Å². The van der Waals surface area contributed by atoms with Crippen LogP contribution < -0.4 is 0 Å². The number of hydrogen-bond donors (Lipinski definition) is 0. The quantitative estimate of drug-likeness (QED) is 0.187. The topological polar surface area (TPSA) is 0 Å². The fourth-order valence-corrected chi connectivity index (χ4v) is 9.27. The second kappa shape index (κ2) is 9.06. The minimum atomic E-state index is -0.423. The standard InChI is InChI=1S/C47H28/c1-2-13-29(14-3-1)31-15-4-5-16-32(31)30-25-26-36-35-19-8-10-23-41(35)47(43(36)27-30)42-24-11-9-20-38(42)46-39-22-12-21-37-33-17-6-7-18-34(33)40(45(37)39)28-44(46)47/h1-28H. The van der Waals surface area contributed by atoms with Crippen LogP contribution in [0.4, 0.5) is 0 Å². The van der Waals surface area contributed by atoms with E-state index >= 15 is 0 Å². The van der Waals surface area contributed by atoms with Gasteiger partial charge in [0.25, 0.3) is 0 Å². The van der Waals surface area contributed by atoms with E-state index in [9.17, 15) is 0 Å². The van der Waals surface area contributed by atoms with Gasteiger partial charge in [-0.15, -0.1) is 0 Å². The monoisotopic (exact) mass is 592 g/mol. The van der Waals surface area contributed by atoms with E-state index in [4.69, 9.17) is 0 Å². The summed E-state index contributed by atoms with van der Waals surface area (Å²) in [6, 6.07) is 63.6. The average molecular weight is 593 g/mol. The van der Waals surface area contributed by atoms with Gasteiger partial charge in [0.05, 0.1) is 5.41 Å². The molecule has 0 saturated carbocycles. The van der Waals surface area contributed by atoms with Crippen LogP contribution in [0.1, 0.15) is 22.3 Å². The molecule has 0 bridgehead atoms. The predicted octanol–water partition coefficient (Wildman–Crippen LogP) is 12.2. The Bertz CT molecular complexity index is 2620. The second-order valence-electron chi connectivity index (χ2n) is 13.1. The molecule has 0 heteroatoms. The first-order valence-corrected chi connectivity index (χ1v) is 16.5. The van der Waals surface area contributed by atoms with Crippen LogP contribution in [0, 0.1) is 0 Å². The summed E-state index contributed by atoms with van der Waals surface area (Å²) < 4.78 is 0. The molecular formula is C47H28. The summed E-state index contributed by atoms with van der Waals surface area (Å²) >= 11 is 0. The minimum absolute atomic E-state index is 0.423. The summed E-state index contributed by atoms with van der Waals surface area (Å²) in [6.07, 6.45) is 0. The van der Waals surface area contributed by atoms with E-state index < -0.39 is 5.41 Å². The summed E-state index contributed by atoms with van der Waals surface area (Å²) in [4.78, 5) is 0. The van der Waals surface area contributed by atoms with Gasteiger partial charge in [-0.05, 0) is 112 Å². The maximum Gasteiger partial charge on any atom is 0.0726 e. The zero-order valence-corrected chi connectivity index (χ0v) is 25.7. The third-order valence-corrected chi connectivity index (χ3v) is 11.0. The van der Waals surface area contributed by atoms with Gasteiger partial charge < -0.3 is 0 Å². The van der Waals surface area contributed by atoms with Crippen molar-refractivity contribution in [3.05, 3.63) is 192 Å². The fraction of sp³-hybridized carbons (Fsp3) is 0.0213. The van der Waals surface area contributed by atoms with Crippen molar-refractivity contribution in [1.29, 1.82) is 0 Å². The number of benzene rings is 8. The van der Waals surface area contributed by atoms with Crippen molar-refractivity contribution in [2.75, 3.05) is 0 Å². The average Bonchev–Trinajstić information content (AvgIpc) is 3.75. The van der Waals surface area contributed by atoms with E-state index in [1.807, 2.05) is 0 Å². The Morgan fingerprint density at radius 3 is 1.60 bits per heavy atom. The molecule has 216 valence electrons. The molecule has 1 unspecified atom stereocenters. The van der Waals surface area contributed by atoms with Gasteiger partial charge in [-0.2, -0.15) is 0 Å². The molecule has 0 N–H and O–H groups in total. The van der Waals surface area contributed by atoms with Crippen LogP contribution in [-0.4, -0.2) is 0 Å². The first-order chi connectivity index (χ1) is 23.3. The molecule has 8 aromatic rings. The Hall–Kier alpha value is -5.98. The van der Waals surface area contributed by atoms with Crippen molar-refractivity contribution in [2.24, 2.45) is 0 Å². The van der Waals surface area contributed by atoms with Crippen LogP contribution in [0.5, 0.6) is 0 Å². The SMILES string of the molecule is c1ccc(-c2ccccc2-c2ccc3c(c2)C2(c4ccccc4-3)c3ccccc3-c3c2cc2c4c(cccc34)-c3ccccc3-2)cc1. The Morgan fingerprint density at radius 2 is 0.830 bits per heavy atom. The molecule has 3 aliphatic carbocycles. The van der Waals surface area contributed by atoms with E-state index in [1.54, 1.807) is 0 Å². The lowest BCUT2D eigenvalue weighted by Crippen LogP contribution is -2.26. The molecule has 0 heterocycles. The lowest BCUT2D eigenvalue weighted by molar-refractivity contribution is 0.795. The molecule has 0 aliphatic heterocycles. The van der Waals surface area contributed by atoms with Crippen LogP contribution in [0.25, 0.3) is 77.5 Å². The third-order valence-electron chi connectivity index (χ3n) is 11.0. The van der Waals surface area contributed by atoms with Gasteiger partial charge in [-0.3, -0.25) is 0 Å². The van der Waals surface area contributed by atoms with Crippen molar-refractivity contribution in [3.8, 4) is 66.8 Å². The smallest absolute Gasteiger partial charge is 0.0622 e. The van der Waals surface area contributed by atoms with Gasteiger partial charge in [0, 0.05) is 0 Å². The van der Waals surface area contributed by atoms with E-state index in [-0.39, 0.29) is 0 Å². The molecule has 8 aromatic carbocycles. The normalized spacial score (nSPS) is 15.7. The van der Waals surface area contributed by atoms with E-state index in [0.29, 0.717) is 0 Å². The maximum absolute atomic E-state index is 2.56.